The zero-order valence-electron chi connectivity index (χ0n) is 13.3. The van der Waals surface area contributed by atoms with Gasteiger partial charge in [-0.15, -0.1) is 11.3 Å². The molecule has 0 aromatic carbocycles. The number of esters is 1. The van der Waals surface area contributed by atoms with Crippen LogP contribution >= 0.6 is 11.3 Å². The van der Waals surface area contributed by atoms with E-state index < -0.39 is 12.0 Å². The summed E-state index contributed by atoms with van der Waals surface area (Å²) >= 11 is 1.38. The molecule has 7 heteroatoms. The molecule has 2 aromatic heterocycles. The third kappa shape index (κ3) is 4.49. The first kappa shape index (κ1) is 17.4. The Morgan fingerprint density at radius 3 is 2.96 bits per heavy atom. The minimum atomic E-state index is -0.856. The average molecular weight is 335 g/mol. The monoisotopic (exact) mass is 335 g/mol. The van der Waals surface area contributed by atoms with Crippen LogP contribution in [0.15, 0.2) is 18.3 Å². The number of nitrogens with two attached hydrogens (primary N) is 1. The van der Waals surface area contributed by atoms with Gasteiger partial charge in [-0.3, -0.25) is 14.6 Å². The van der Waals surface area contributed by atoms with E-state index in [2.05, 4.69) is 10.3 Å². The van der Waals surface area contributed by atoms with Gasteiger partial charge in [-0.2, -0.15) is 0 Å². The van der Waals surface area contributed by atoms with E-state index in [0.717, 1.165) is 28.6 Å². The number of hydrogen-bond acceptors (Lipinski definition) is 6. The molecule has 23 heavy (non-hydrogen) atoms. The second-order valence-corrected chi connectivity index (χ2v) is 6.34. The Bertz CT molecular complexity index is 699. The minimum Gasteiger partial charge on any atom is -0.464 e. The molecular weight excluding hydrogens is 314 g/mol. The standard InChI is InChI=1S/C16H21N3O3S/c1-3-4-7-22-16(21)11(17)9-19-15(20)13-8-12-14(23-13)10(2)5-6-18-12/h5-6,8,11H,3-4,7,9,17H2,1-2H3,(H,19,20)/t11-/m1/s1. The maximum Gasteiger partial charge on any atom is 0.324 e. The van der Waals surface area contributed by atoms with Crippen molar-refractivity contribution < 1.29 is 14.3 Å². The van der Waals surface area contributed by atoms with E-state index in [4.69, 9.17) is 10.5 Å². The molecule has 1 atom stereocenters. The van der Waals surface area contributed by atoms with Crippen LogP contribution < -0.4 is 11.1 Å². The molecule has 0 fully saturated rings. The van der Waals surface area contributed by atoms with E-state index in [9.17, 15) is 9.59 Å². The van der Waals surface area contributed by atoms with Crippen molar-refractivity contribution in [2.45, 2.75) is 32.7 Å². The van der Waals surface area contributed by atoms with Crippen LogP contribution in [-0.4, -0.2) is 36.1 Å². The highest BCUT2D eigenvalue weighted by molar-refractivity contribution is 7.21. The Balaban J connectivity index is 1.90. The lowest BCUT2D eigenvalue weighted by atomic mass is 10.2. The molecule has 0 aliphatic heterocycles. The number of aromatic nitrogens is 1. The molecule has 0 aliphatic rings. The molecule has 0 unspecified atom stereocenters. The quantitative estimate of drug-likeness (QED) is 0.596. The second-order valence-electron chi connectivity index (χ2n) is 5.29. The van der Waals surface area contributed by atoms with E-state index in [1.165, 1.54) is 11.3 Å². The maximum atomic E-state index is 12.2. The van der Waals surface area contributed by atoms with Crippen molar-refractivity contribution in [3.63, 3.8) is 0 Å². The van der Waals surface area contributed by atoms with Crippen LogP contribution in [0.4, 0.5) is 0 Å². The van der Waals surface area contributed by atoms with Crippen molar-refractivity contribution in [1.82, 2.24) is 10.3 Å². The summed E-state index contributed by atoms with van der Waals surface area (Å²) in [5.41, 5.74) is 7.60. The van der Waals surface area contributed by atoms with E-state index >= 15 is 0 Å². The summed E-state index contributed by atoms with van der Waals surface area (Å²) in [5, 5.41) is 2.67. The number of fused-ring (bicyclic) bond motifs is 1. The number of ether oxygens (including phenoxy) is 1. The fourth-order valence-electron chi connectivity index (χ4n) is 1.97. The van der Waals surface area contributed by atoms with Gasteiger partial charge in [-0.05, 0) is 31.0 Å². The number of rotatable bonds is 7. The Morgan fingerprint density at radius 1 is 1.48 bits per heavy atom. The first-order valence-electron chi connectivity index (χ1n) is 7.58. The van der Waals surface area contributed by atoms with Gasteiger partial charge in [0.2, 0.25) is 0 Å². The molecule has 6 nitrogen and oxygen atoms in total. The predicted octanol–water partition coefficient (Wildman–Crippen LogP) is 2.01. The molecule has 0 saturated heterocycles. The van der Waals surface area contributed by atoms with Crippen LogP contribution in [0.2, 0.25) is 0 Å². The number of amides is 1. The molecule has 3 N–H and O–H groups in total. The lowest BCUT2D eigenvalue weighted by Crippen LogP contribution is -2.43. The molecule has 0 saturated carbocycles. The van der Waals surface area contributed by atoms with Gasteiger partial charge in [0.1, 0.15) is 6.04 Å². The first-order chi connectivity index (χ1) is 11.0. The van der Waals surface area contributed by atoms with Crippen molar-refractivity contribution in [3.8, 4) is 0 Å². The minimum absolute atomic E-state index is 0.0461. The molecular formula is C16H21N3O3S. The molecule has 0 aliphatic carbocycles. The molecule has 2 aromatic rings. The van der Waals surface area contributed by atoms with Gasteiger partial charge < -0.3 is 15.8 Å². The largest absolute Gasteiger partial charge is 0.464 e. The summed E-state index contributed by atoms with van der Waals surface area (Å²) in [5.74, 6) is -0.753. The smallest absolute Gasteiger partial charge is 0.324 e. The fraction of sp³-hybridized carbons (Fsp3) is 0.438. The van der Waals surface area contributed by atoms with Crippen molar-refractivity contribution >= 4 is 33.4 Å². The summed E-state index contributed by atoms with van der Waals surface area (Å²) in [4.78, 5) is 28.6. The number of aryl methyl sites for hydroxylation is 1. The van der Waals surface area contributed by atoms with Gasteiger partial charge in [-0.25, -0.2) is 0 Å². The Kier molecular flexibility index (Phi) is 6.06. The molecule has 1 amide bonds. The lowest BCUT2D eigenvalue weighted by molar-refractivity contribution is -0.145. The van der Waals surface area contributed by atoms with Crippen LogP contribution in [0.3, 0.4) is 0 Å². The first-order valence-corrected chi connectivity index (χ1v) is 8.40. The Hall–Kier alpha value is -1.99. The third-order valence-electron chi connectivity index (χ3n) is 3.36. The topological polar surface area (TPSA) is 94.3 Å². The van der Waals surface area contributed by atoms with Gasteiger partial charge in [0.05, 0.1) is 21.7 Å². The van der Waals surface area contributed by atoms with Crippen molar-refractivity contribution in [2.24, 2.45) is 5.73 Å². The summed E-state index contributed by atoms with van der Waals surface area (Å²) in [7, 11) is 0. The molecule has 2 heterocycles. The highest BCUT2D eigenvalue weighted by atomic mass is 32.1. The molecule has 0 radical (unpaired) electrons. The fourth-order valence-corrected chi connectivity index (χ4v) is 2.97. The number of nitrogens with one attached hydrogen (secondary N) is 1. The highest BCUT2D eigenvalue weighted by Gasteiger charge is 2.18. The SMILES string of the molecule is CCCCOC(=O)[C@H](N)CNC(=O)c1cc2nccc(C)c2s1. The summed E-state index contributed by atoms with van der Waals surface area (Å²) < 4.78 is 6.01. The van der Waals surface area contributed by atoms with E-state index in [-0.39, 0.29) is 12.5 Å². The summed E-state index contributed by atoms with van der Waals surface area (Å²) in [6.07, 6.45) is 3.46. The number of thiophene rings is 1. The summed E-state index contributed by atoms with van der Waals surface area (Å²) in [6, 6.07) is 2.79. The number of hydrogen-bond donors (Lipinski definition) is 2. The van der Waals surface area contributed by atoms with Crippen LogP contribution in [0.1, 0.15) is 35.0 Å². The summed E-state index contributed by atoms with van der Waals surface area (Å²) in [6.45, 7) is 4.39. The van der Waals surface area contributed by atoms with E-state index in [1.54, 1.807) is 12.3 Å². The van der Waals surface area contributed by atoms with E-state index in [0.29, 0.717) is 11.5 Å². The number of carbonyl (C=O) groups excluding carboxylic acids is 2. The van der Waals surface area contributed by atoms with Crippen LogP contribution in [0.5, 0.6) is 0 Å². The number of carbonyl (C=O) groups is 2. The van der Waals surface area contributed by atoms with Crippen LogP contribution in [0.25, 0.3) is 10.2 Å². The predicted molar refractivity (Wildman–Crippen MR) is 90.5 cm³/mol. The lowest BCUT2D eigenvalue weighted by Gasteiger charge is -2.11. The molecule has 124 valence electrons. The van der Waals surface area contributed by atoms with Crippen molar-refractivity contribution in [2.75, 3.05) is 13.2 Å². The number of unbranched alkanes of at least 4 members (excludes halogenated alkanes) is 1. The maximum absolute atomic E-state index is 12.2. The Morgan fingerprint density at radius 2 is 2.26 bits per heavy atom. The zero-order chi connectivity index (χ0) is 16.8. The zero-order valence-corrected chi connectivity index (χ0v) is 14.1. The van der Waals surface area contributed by atoms with Crippen LogP contribution in [0, 0.1) is 6.92 Å². The van der Waals surface area contributed by atoms with Crippen molar-refractivity contribution in [1.29, 1.82) is 0 Å². The van der Waals surface area contributed by atoms with Gasteiger partial charge in [0, 0.05) is 12.7 Å². The highest BCUT2D eigenvalue weighted by Crippen LogP contribution is 2.26. The van der Waals surface area contributed by atoms with E-state index in [1.807, 2.05) is 19.9 Å². The number of pyridine rings is 1. The molecule has 2 rings (SSSR count). The number of nitrogens with zero attached hydrogens (tertiary/aromatic N) is 1. The normalized spacial score (nSPS) is 12.1. The molecule has 0 spiro atoms. The van der Waals surface area contributed by atoms with Gasteiger partial charge >= 0.3 is 5.97 Å². The third-order valence-corrected chi connectivity index (χ3v) is 4.62. The Labute approximate surface area is 139 Å². The molecule has 0 bridgehead atoms. The van der Waals surface area contributed by atoms with Crippen molar-refractivity contribution in [3.05, 3.63) is 28.8 Å². The average Bonchev–Trinajstić information content (AvgIpc) is 2.98. The van der Waals surface area contributed by atoms with Gasteiger partial charge in [0.25, 0.3) is 5.91 Å². The second kappa shape index (κ2) is 8.03. The van der Waals surface area contributed by atoms with Gasteiger partial charge in [-0.1, -0.05) is 13.3 Å². The van der Waals surface area contributed by atoms with Crippen LogP contribution in [-0.2, 0) is 9.53 Å². The van der Waals surface area contributed by atoms with Gasteiger partial charge in [0.15, 0.2) is 0 Å².